The van der Waals surface area contributed by atoms with E-state index in [1.807, 2.05) is 13.8 Å². The van der Waals surface area contributed by atoms with Gasteiger partial charge in [-0.05, 0) is 20.8 Å². The summed E-state index contributed by atoms with van der Waals surface area (Å²) in [5, 5.41) is 3.16. The van der Waals surface area contributed by atoms with E-state index < -0.39 is 0 Å². The molecular formula is C11H16N6O. The molecule has 0 aliphatic rings. The molecule has 2 rings (SSSR count). The first-order chi connectivity index (χ1) is 8.60. The zero-order valence-electron chi connectivity index (χ0n) is 10.6. The number of aromatic nitrogens is 3. The summed E-state index contributed by atoms with van der Waals surface area (Å²) >= 11 is 0. The van der Waals surface area contributed by atoms with E-state index in [-0.39, 0.29) is 0 Å². The van der Waals surface area contributed by atoms with Crippen LogP contribution in [0.5, 0.6) is 0 Å². The number of nitrogens with zero attached hydrogens (tertiary/aromatic N) is 3. The van der Waals surface area contributed by atoms with Crippen molar-refractivity contribution in [1.29, 1.82) is 0 Å². The van der Waals surface area contributed by atoms with Crippen molar-refractivity contribution >= 4 is 11.6 Å². The molecular weight excluding hydrogens is 232 g/mol. The smallest absolute Gasteiger partial charge is 0.213 e. The second kappa shape index (κ2) is 5.01. The lowest BCUT2D eigenvalue weighted by molar-refractivity contribution is 0.478. The molecule has 0 fully saturated rings. The van der Waals surface area contributed by atoms with Crippen molar-refractivity contribution in [3.05, 3.63) is 29.2 Å². The van der Waals surface area contributed by atoms with Gasteiger partial charge in [-0.15, -0.1) is 0 Å². The Morgan fingerprint density at radius 3 is 2.56 bits per heavy atom. The Morgan fingerprint density at radius 1 is 1.22 bits per heavy atom. The van der Waals surface area contributed by atoms with Gasteiger partial charge >= 0.3 is 0 Å². The molecule has 0 bridgehead atoms. The van der Waals surface area contributed by atoms with E-state index in [0.717, 1.165) is 11.3 Å². The molecule has 0 aliphatic carbocycles. The average Bonchev–Trinajstić information content (AvgIpc) is 2.75. The van der Waals surface area contributed by atoms with Crippen LogP contribution in [-0.4, -0.2) is 15.0 Å². The highest BCUT2D eigenvalue weighted by Gasteiger charge is 2.09. The van der Waals surface area contributed by atoms with Crippen LogP contribution in [0.15, 0.2) is 10.6 Å². The second-order valence-corrected chi connectivity index (χ2v) is 3.96. The van der Waals surface area contributed by atoms with Gasteiger partial charge in [-0.2, -0.15) is 0 Å². The second-order valence-electron chi connectivity index (χ2n) is 3.96. The Labute approximate surface area is 105 Å². The molecule has 18 heavy (non-hydrogen) atoms. The minimum Gasteiger partial charge on any atom is -0.444 e. The predicted molar refractivity (Wildman–Crippen MR) is 67.9 cm³/mol. The van der Waals surface area contributed by atoms with Crippen LogP contribution in [0.3, 0.4) is 0 Å². The lowest BCUT2D eigenvalue weighted by atomic mass is 10.3. The summed E-state index contributed by atoms with van der Waals surface area (Å²) in [6.07, 6.45) is 1.68. The van der Waals surface area contributed by atoms with Crippen LogP contribution in [0, 0.1) is 20.8 Å². The Balaban J connectivity index is 2.16. The zero-order valence-corrected chi connectivity index (χ0v) is 10.6. The molecule has 7 heteroatoms. The highest BCUT2D eigenvalue weighted by Crippen LogP contribution is 2.19. The molecule has 2 aromatic heterocycles. The SMILES string of the molecule is Cc1nc(NN)c(C)c(NCc2ncc(C)o2)n1. The lowest BCUT2D eigenvalue weighted by Crippen LogP contribution is -2.14. The molecule has 2 aromatic rings. The third-order valence-electron chi connectivity index (χ3n) is 2.47. The molecule has 0 aliphatic heterocycles. The molecule has 0 amide bonds. The number of hydrogen-bond donors (Lipinski definition) is 3. The molecule has 0 atom stereocenters. The van der Waals surface area contributed by atoms with Gasteiger partial charge in [0.25, 0.3) is 0 Å². The Hall–Kier alpha value is -2.15. The van der Waals surface area contributed by atoms with E-state index in [9.17, 15) is 0 Å². The summed E-state index contributed by atoms with van der Waals surface area (Å²) in [4.78, 5) is 12.6. The number of nitrogens with one attached hydrogen (secondary N) is 2. The fraction of sp³-hybridized carbons (Fsp3) is 0.364. The molecule has 0 radical (unpaired) electrons. The lowest BCUT2D eigenvalue weighted by Gasteiger charge is -2.11. The van der Waals surface area contributed by atoms with Crippen LogP contribution in [-0.2, 0) is 6.54 Å². The van der Waals surface area contributed by atoms with E-state index >= 15 is 0 Å². The number of aryl methyl sites for hydroxylation is 2. The fourth-order valence-corrected chi connectivity index (χ4v) is 1.58. The van der Waals surface area contributed by atoms with Crippen LogP contribution in [0.25, 0.3) is 0 Å². The zero-order chi connectivity index (χ0) is 13.1. The van der Waals surface area contributed by atoms with Gasteiger partial charge in [0.2, 0.25) is 5.89 Å². The van der Waals surface area contributed by atoms with Gasteiger partial charge in [0.15, 0.2) is 0 Å². The molecule has 0 saturated heterocycles. The maximum atomic E-state index is 5.40. The molecule has 4 N–H and O–H groups in total. The van der Waals surface area contributed by atoms with Crippen LogP contribution in [0.1, 0.15) is 23.0 Å². The minimum atomic E-state index is 0.467. The van der Waals surface area contributed by atoms with E-state index in [4.69, 9.17) is 10.3 Å². The number of rotatable bonds is 4. The van der Waals surface area contributed by atoms with Crippen LogP contribution in [0.2, 0.25) is 0 Å². The maximum Gasteiger partial charge on any atom is 0.213 e. The summed E-state index contributed by atoms with van der Waals surface area (Å²) < 4.78 is 5.37. The van der Waals surface area contributed by atoms with Gasteiger partial charge in [0, 0.05) is 5.56 Å². The quantitative estimate of drug-likeness (QED) is 0.553. The Bertz CT molecular complexity index is 550. The van der Waals surface area contributed by atoms with Crippen molar-refractivity contribution in [1.82, 2.24) is 15.0 Å². The average molecular weight is 248 g/mol. The monoisotopic (exact) mass is 248 g/mol. The largest absolute Gasteiger partial charge is 0.444 e. The molecule has 2 heterocycles. The third-order valence-corrected chi connectivity index (χ3v) is 2.47. The fourth-order valence-electron chi connectivity index (χ4n) is 1.58. The number of anilines is 2. The Kier molecular flexibility index (Phi) is 3.42. The van der Waals surface area contributed by atoms with Gasteiger partial charge < -0.3 is 15.2 Å². The summed E-state index contributed by atoms with van der Waals surface area (Å²) in [5.41, 5.74) is 3.40. The van der Waals surface area contributed by atoms with Crippen molar-refractivity contribution in [3.63, 3.8) is 0 Å². The third kappa shape index (κ3) is 2.57. The van der Waals surface area contributed by atoms with E-state index in [1.54, 1.807) is 13.1 Å². The Morgan fingerprint density at radius 2 is 1.94 bits per heavy atom. The van der Waals surface area contributed by atoms with Crippen molar-refractivity contribution < 1.29 is 4.42 Å². The van der Waals surface area contributed by atoms with E-state index in [2.05, 4.69) is 25.7 Å². The minimum absolute atomic E-state index is 0.467. The summed E-state index contributed by atoms with van der Waals surface area (Å²) in [5.74, 6) is 8.76. The first kappa shape index (κ1) is 12.3. The molecule has 0 aromatic carbocycles. The highest BCUT2D eigenvalue weighted by atomic mass is 16.4. The molecule has 0 spiro atoms. The van der Waals surface area contributed by atoms with E-state index in [0.29, 0.717) is 29.9 Å². The normalized spacial score (nSPS) is 10.4. The van der Waals surface area contributed by atoms with Gasteiger partial charge in [-0.25, -0.2) is 20.8 Å². The number of oxazole rings is 1. The van der Waals surface area contributed by atoms with Crippen molar-refractivity contribution in [2.75, 3.05) is 10.7 Å². The number of hydrogen-bond acceptors (Lipinski definition) is 7. The summed E-state index contributed by atoms with van der Waals surface area (Å²) in [7, 11) is 0. The molecule has 0 unspecified atom stereocenters. The summed E-state index contributed by atoms with van der Waals surface area (Å²) in [6, 6.07) is 0. The summed E-state index contributed by atoms with van der Waals surface area (Å²) in [6.45, 7) is 6.01. The maximum absolute atomic E-state index is 5.40. The van der Waals surface area contributed by atoms with Gasteiger partial charge in [-0.3, -0.25) is 0 Å². The number of hydrazine groups is 1. The number of nitrogens with two attached hydrogens (primary N) is 1. The van der Waals surface area contributed by atoms with Crippen molar-refractivity contribution in [3.8, 4) is 0 Å². The van der Waals surface area contributed by atoms with Crippen LogP contribution >= 0.6 is 0 Å². The van der Waals surface area contributed by atoms with Gasteiger partial charge in [0.1, 0.15) is 23.2 Å². The molecule has 96 valence electrons. The van der Waals surface area contributed by atoms with E-state index in [1.165, 1.54) is 0 Å². The number of nitrogen functional groups attached to an aromatic ring is 1. The van der Waals surface area contributed by atoms with Crippen molar-refractivity contribution in [2.45, 2.75) is 27.3 Å². The molecule has 7 nitrogen and oxygen atoms in total. The first-order valence-corrected chi connectivity index (χ1v) is 5.57. The van der Waals surface area contributed by atoms with Crippen LogP contribution < -0.4 is 16.6 Å². The topological polar surface area (TPSA) is 102 Å². The van der Waals surface area contributed by atoms with Gasteiger partial charge in [-0.1, -0.05) is 0 Å². The van der Waals surface area contributed by atoms with Crippen LogP contribution in [0.4, 0.5) is 11.6 Å². The standard InChI is InChI=1S/C11H16N6O/c1-6-4-13-9(18-6)5-14-10-7(2)11(17-12)16-8(3)15-10/h4H,5,12H2,1-3H3,(H2,14,15,16,17). The van der Waals surface area contributed by atoms with Gasteiger partial charge in [0.05, 0.1) is 12.7 Å². The first-order valence-electron chi connectivity index (χ1n) is 5.57. The highest BCUT2D eigenvalue weighted by molar-refractivity contribution is 5.56. The van der Waals surface area contributed by atoms with Crippen molar-refractivity contribution in [2.24, 2.45) is 5.84 Å². The molecule has 0 saturated carbocycles. The predicted octanol–water partition coefficient (Wildman–Crippen LogP) is 1.29.